The molecule has 0 aliphatic rings. The molecule has 0 saturated carbocycles. The number of rotatable bonds is 0. The number of hydrogen-bond acceptors (Lipinski definition) is 2. The van der Waals surface area contributed by atoms with Gasteiger partial charge < -0.3 is 0 Å². The zero-order valence-corrected chi connectivity index (χ0v) is 8.30. The number of hydrogen-bond donors (Lipinski definition) is 0. The number of nitrogens with zero attached hydrogens (tertiary/aromatic N) is 2. The van der Waals surface area contributed by atoms with Crippen molar-refractivity contribution in [3.63, 3.8) is 0 Å². The molecular weight excluding hydrogens is 227 g/mol. The first-order valence-electron chi connectivity index (χ1n) is 3.16. The van der Waals surface area contributed by atoms with Gasteiger partial charge in [0.25, 0.3) is 0 Å². The van der Waals surface area contributed by atoms with Gasteiger partial charge >= 0.3 is 75.2 Å². The Morgan fingerprint density at radius 2 is 1.91 bits per heavy atom. The second-order valence-corrected chi connectivity index (χ2v) is 3.87. The molecule has 0 saturated heterocycles. The topological polar surface area (TPSA) is 25.8 Å². The molecule has 1 aromatic heterocycles. The molecule has 2 nitrogen and oxygen atoms in total. The predicted molar refractivity (Wildman–Crippen MR) is 46.2 cm³/mol. The fraction of sp³-hybridized carbons (Fsp3) is 0.143. The average molecular weight is 232 g/mol. The van der Waals surface area contributed by atoms with E-state index in [1.807, 2.05) is 19.1 Å². The van der Waals surface area contributed by atoms with Crippen molar-refractivity contribution in [2.24, 2.45) is 0 Å². The molecule has 0 amide bonds. The molecule has 0 radical (unpaired) electrons. The van der Waals surface area contributed by atoms with Gasteiger partial charge in [-0.25, -0.2) is 0 Å². The van der Waals surface area contributed by atoms with Gasteiger partial charge in [0.1, 0.15) is 0 Å². The summed E-state index contributed by atoms with van der Waals surface area (Å²) in [5.74, 6) is 0. The summed E-state index contributed by atoms with van der Waals surface area (Å²) in [4.78, 5) is 0. The number of aryl methyl sites for hydroxylation is 1. The minimum atomic E-state index is 0.0550. The van der Waals surface area contributed by atoms with Gasteiger partial charge in [-0.2, -0.15) is 0 Å². The molecular formula is C7H5ClN2Se. The van der Waals surface area contributed by atoms with E-state index in [-0.39, 0.29) is 15.0 Å². The van der Waals surface area contributed by atoms with E-state index in [0.717, 1.165) is 21.6 Å². The first-order valence-corrected chi connectivity index (χ1v) is 5.07. The van der Waals surface area contributed by atoms with Crippen LogP contribution in [0.15, 0.2) is 12.1 Å². The van der Waals surface area contributed by atoms with Gasteiger partial charge in [0, 0.05) is 0 Å². The Balaban J connectivity index is 2.86. The summed E-state index contributed by atoms with van der Waals surface area (Å²) < 4.78 is 8.45. The molecule has 0 fully saturated rings. The van der Waals surface area contributed by atoms with Gasteiger partial charge in [-0.3, -0.25) is 0 Å². The molecule has 0 bridgehead atoms. The molecule has 0 spiro atoms. The van der Waals surface area contributed by atoms with Gasteiger partial charge in [-0.05, 0) is 0 Å². The van der Waals surface area contributed by atoms with Crippen LogP contribution in [0.25, 0.3) is 11.0 Å². The van der Waals surface area contributed by atoms with Crippen molar-refractivity contribution in [3.05, 3.63) is 22.7 Å². The Morgan fingerprint density at radius 3 is 2.64 bits per heavy atom. The van der Waals surface area contributed by atoms with Crippen molar-refractivity contribution in [1.29, 1.82) is 0 Å². The molecule has 0 aliphatic carbocycles. The molecule has 56 valence electrons. The van der Waals surface area contributed by atoms with Gasteiger partial charge in [0.15, 0.2) is 0 Å². The van der Waals surface area contributed by atoms with E-state index in [0.29, 0.717) is 0 Å². The minimum absolute atomic E-state index is 0.0550. The Bertz CT molecular complexity index is 360. The molecule has 1 aromatic carbocycles. The summed E-state index contributed by atoms with van der Waals surface area (Å²) in [6.07, 6.45) is 0. The summed E-state index contributed by atoms with van der Waals surface area (Å²) >= 11 is 5.95. The zero-order chi connectivity index (χ0) is 7.84. The van der Waals surface area contributed by atoms with Crippen molar-refractivity contribution in [1.82, 2.24) is 7.96 Å². The molecule has 2 aromatic rings. The van der Waals surface area contributed by atoms with Gasteiger partial charge in [0.05, 0.1) is 0 Å². The Morgan fingerprint density at radius 1 is 1.27 bits per heavy atom. The van der Waals surface area contributed by atoms with E-state index in [1.165, 1.54) is 0 Å². The number of fused-ring (bicyclic) bond motifs is 1. The van der Waals surface area contributed by atoms with Gasteiger partial charge in [0.2, 0.25) is 0 Å². The monoisotopic (exact) mass is 232 g/mol. The van der Waals surface area contributed by atoms with Crippen molar-refractivity contribution in [3.8, 4) is 0 Å². The summed E-state index contributed by atoms with van der Waals surface area (Å²) in [5.41, 5.74) is 3.01. The van der Waals surface area contributed by atoms with Crippen LogP contribution in [0.1, 0.15) is 5.56 Å². The van der Waals surface area contributed by atoms with E-state index < -0.39 is 0 Å². The molecule has 4 heteroatoms. The van der Waals surface area contributed by atoms with Crippen LogP contribution in [-0.4, -0.2) is 22.9 Å². The molecule has 0 atom stereocenters. The molecule has 0 unspecified atom stereocenters. The predicted octanol–water partition coefficient (Wildman–Crippen LogP) is 1.65. The van der Waals surface area contributed by atoms with Crippen molar-refractivity contribution >= 4 is 37.6 Å². The second-order valence-electron chi connectivity index (χ2n) is 2.35. The third-order valence-corrected chi connectivity index (χ3v) is 3.11. The van der Waals surface area contributed by atoms with Crippen LogP contribution in [0.5, 0.6) is 0 Å². The van der Waals surface area contributed by atoms with Crippen LogP contribution in [0.2, 0.25) is 5.02 Å². The van der Waals surface area contributed by atoms with Crippen LogP contribution < -0.4 is 0 Å². The Hall–Kier alpha value is -0.371. The second kappa shape index (κ2) is 2.59. The standard InChI is InChI=1S/C7H5ClN2Se/c1-4-2-6-7(3-5(4)8)10-11-9-6/h2-3H,1H3. The third-order valence-electron chi connectivity index (χ3n) is 1.53. The molecule has 0 N–H and O–H groups in total. The summed E-state index contributed by atoms with van der Waals surface area (Å²) in [5, 5.41) is 0.778. The first kappa shape index (κ1) is 7.29. The van der Waals surface area contributed by atoms with Gasteiger partial charge in [-0.15, -0.1) is 0 Å². The van der Waals surface area contributed by atoms with Crippen molar-refractivity contribution in [2.45, 2.75) is 6.92 Å². The van der Waals surface area contributed by atoms with E-state index in [2.05, 4.69) is 7.96 Å². The zero-order valence-electron chi connectivity index (χ0n) is 5.84. The summed E-state index contributed by atoms with van der Waals surface area (Å²) in [7, 11) is 0. The van der Waals surface area contributed by atoms with Gasteiger partial charge in [-0.1, -0.05) is 0 Å². The van der Waals surface area contributed by atoms with Crippen LogP contribution in [-0.2, 0) is 0 Å². The molecule has 0 aliphatic heterocycles. The average Bonchev–Trinajstić information content (AvgIpc) is 2.36. The summed E-state index contributed by atoms with van der Waals surface area (Å²) in [6.45, 7) is 1.98. The SMILES string of the molecule is Cc1cc2n[se]nc2cc1Cl. The number of aromatic nitrogens is 2. The fourth-order valence-electron chi connectivity index (χ4n) is 0.910. The maximum atomic E-state index is 5.90. The van der Waals surface area contributed by atoms with Crippen molar-refractivity contribution < 1.29 is 0 Å². The van der Waals surface area contributed by atoms with Crippen molar-refractivity contribution in [2.75, 3.05) is 0 Å². The maximum absolute atomic E-state index is 5.90. The fourth-order valence-corrected chi connectivity index (χ4v) is 2.14. The normalized spacial score (nSPS) is 10.7. The first-order chi connectivity index (χ1) is 5.27. The number of benzene rings is 1. The van der Waals surface area contributed by atoms with Crippen LogP contribution in [0, 0.1) is 6.92 Å². The van der Waals surface area contributed by atoms with Crippen LogP contribution in [0.3, 0.4) is 0 Å². The van der Waals surface area contributed by atoms with E-state index in [4.69, 9.17) is 11.6 Å². The molecule has 2 rings (SSSR count). The van der Waals surface area contributed by atoms with E-state index >= 15 is 0 Å². The molecule has 11 heavy (non-hydrogen) atoms. The Labute approximate surface area is 75.4 Å². The van der Waals surface area contributed by atoms with E-state index in [1.54, 1.807) is 0 Å². The quantitative estimate of drug-likeness (QED) is 0.645. The number of halogens is 1. The third kappa shape index (κ3) is 1.20. The summed E-state index contributed by atoms with van der Waals surface area (Å²) in [6, 6.07) is 3.86. The van der Waals surface area contributed by atoms with Crippen LogP contribution >= 0.6 is 11.6 Å². The van der Waals surface area contributed by atoms with E-state index in [9.17, 15) is 0 Å². The van der Waals surface area contributed by atoms with Crippen LogP contribution in [0.4, 0.5) is 0 Å². The molecule has 1 heterocycles. The Kier molecular flexibility index (Phi) is 1.72.